The molecular weight excluding hydrogens is 595 g/mol. The third-order valence-electron chi connectivity index (χ3n) is 8.01. The van der Waals surface area contributed by atoms with Gasteiger partial charge < -0.3 is 14.4 Å². The predicted octanol–water partition coefficient (Wildman–Crippen LogP) is 7.92. The number of carbonyl (C=O) groups excluding carboxylic acids is 2. The fourth-order valence-corrected chi connectivity index (χ4v) is 5.64. The topological polar surface area (TPSA) is 45.6 Å². The molecule has 41 heavy (non-hydrogen) atoms. The number of hydrogen-bond donors (Lipinski definition) is 0. The summed E-state index contributed by atoms with van der Waals surface area (Å²) < 4.78 is 42.4. The molecule has 220 valence electrons. The number of nitrogens with zero attached hydrogens (tertiary/aromatic N) is 3. The van der Waals surface area contributed by atoms with Crippen molar-refractivity contribution in [2.75, 3.05) is 6.54 Å². The number of halogens is 4. The smallest absolute Gasteiger partial charge is 0.345 e. The largest absolute Gasteiger partial charge is 0.416 e. The summed E-state index contributed by atoms with van der Waals surface area (Å²) >= 11 is 3.48. The first-order valence-corrected chi connectivity index (χ1v) is 15.0. The van der Waals surface area contributed by atoms with Crippen LogP contribution in [0.3, 0.4) is 0 Å². The van der Waals surface area contributed by atoms with Crippen LogP contribution in [0.5, 0.6) is 0 Å². The highest BCUT2D eigenvalue weighted by Gasteiger charge is 2.32. The van der Waals surface area contributed by atoms with Gasteiger partial charge in [-0.25, -0.2) is 0 Å². The molecule has 0 spiro atoms. The first-order chi connectivity index (χ1) is 19.6. The Hall–Kier alpha value is -3.07. The molecule has 0 radical (unpaired) electrons. The van der Waals surface area contributed by atoms with Crippen molar-refractivity contribution in [1.82, 2.24) is 14.4 Å². The first kappa shape index (κ1) is 30.9. The predicted molar refractivity (Wildman–Crippen MR) is 157 cm³/mol. The van der Waals surface area contributed by atoms with Gasteiger partial charge in [0.05, 0.1) is 12.1 Å². The zero-order valence-electron chi connectivity index (χ0n) is 23.5. The Morgan fingerprint density at radius 1 is 1.00 bits per heavy atom. The second kappa shape index (κ2) is 13.7. The van der Waals surface area contributed by atoms with Crippen molar-refractivity contribution in [2.45, 2.75) is 83.7 Å². The van der Waals surface area contributed by atoms with Crippen molar-refractivity contribution < 1.29 is 22.8 Å². The molecule has 0 saturated heterocycles. The van der Waals surface area contributed by atoms with E-state index in [9.17, 15) is 22.8 Å². The molecule has 2 aromatic carbocycles. The van der Waals surface area contributed by atoms with Gasteiger partial charge >= 0.3 is 6.18 Å². The zero-order chi connectivity index (χ0) is 29.6. The van der Waals surface area contributed by atoms with E-state index in [1.165, 1.54) is 17.0 Å². The Morgan fingerprint density at radius 2 is 1.66 bits per heavy atom. The van der Waals surface area contributed by atoms with Gasteiger partial charge in [-0.3, -0.25) is 9.59 Å². The molecule has 1 aliphatic rings. The van der Waals surface area contributed by atoms with E-state index in [0.717, 1.165) is 60.0 Å². The third kappa shape index (κ3) is 8.03. The van der Waals surface area contributed by atoms with Gasteiger partial charge in [0.25, 0.3) is 5.91 Å². The standard InChI is InChI=1S/C32H37BrF3N3O2/c1-3-23(2)38(31(41)25-13-15-26(16-14-25)32(34,35)36)22-30(40)39(28-8-5-4-6-9-28)21-29-10-7-19-37(29)20-24-11-17-27(33)18-12-24/h7,10-19,23,28H,3-6,8-9,20-22H2,1-2H3/t23-/m1/s1. The first-order valence-electron chi connectivity index (χ1n) is 14.2. The number of aromatic nitrogens is 1. The van der Waals surface area contributed by atoms with Crippen molar-refractivity contribution in [3.63, 3.8) is 0 Å². The molecule has 5 nitrogen and oxygen atoms in total. The Balaban J connectivity index is 1.56. The third-order valence-corrected chi connectivity index (χ3v) is 8.54. The fraction of sp³-hybridized carbons (Fsp3) is 0.438. The van der Waals surface area contributed by atoms with Crippen molar-refractivity contribution in [1.29, 1.82) is 0 Å². The van der Waals surface area contributed by atoms with E-state index in [0.29, 0.717) is 19.5 Å². The lowest BCUT2D eigenvalue weighted by molar-refractivity contribution is -0.137. The summed E-state index contributed by atoms with van der Waals surface area (Å²) in [5, 5.41) is 0. The van der Waals surface area contributed by atoms with Crippen LogP contribution in [0, 0.1) is 0 Å². The van der Waals surface area contributed by atoms with Gasteiger partial charge in [0.1, 0.15) is 6.54 Å². The van der Waals surface area contributed by atoms with E-state index in [1.54, 1.807) is 0 Å². The molecule has 0 bridgehead atoms. The van der Waals surface area contributed by atoms with Crippen LogP contribution in [0.15, 0.2) is 71.3 Å². The van der Waals surface area contributed by atoms with Crippen LogP contribution in [0.25, 0.3) is 0 Å². The van der Waals surface area contributed by atoms with E-state index in [4.69, 9.17) is 0 Å². The highest BCUT2D eigenvalue weighted by molar-refractivity contribution is 9.10. The molecule has 0 aliphatic heterocycles. The summed E-state index contributed by atoms with van der Waals surface area (Å²) in [6, 6.07) is 16.2. The Bertz CT molecular complexity index is 1300. The van der Waals surface area contributed by atoms with Crippen molar-refractivity contribution in [2.24, 2.45) is 0 Å². The van der Waals surface area contributed by atoms with Crippen LogP contribution in [0.2, 0.25) is 0 Å². The minimum absolute atomic E-state index is 0.0761. The maximum absolute atomic E-state index is 14.0. The van der Waals surface area contributed by atoms with Crippen LogP contribution >= 0.6 is 15.9 Å². The number of carbonyl (C=O) groups is 2. The van der Waals surface area contributed by atoms with Crippen LogP contribution in [0.1, 0.15) is 79.6 Å². The average molecular weight is 633 g/mol. The van der Waals surface area contributed by atoms with E-state index >= 15 is 0 Å². The van der Waals surface area contributed by atoms with E-state index in [1.807, 2.05) is 49.2 Å². The van der Waals surface area contributed by atoms with E-state index < -0.39 is 17.6 Å². The molecule has 1 aromatic heterocycles. The lowest BCUT2D eigenvalue weighted by atomic mass is 9.94. The minimum Gasteiger partial charge on any atom is -0.345 e. The zero-order valence-corrected chi connectivity index (χ0v) is 25.1. The van der Waals surface area contributed by atoms with E-state index in [2.05, 4.69) is 32.6 Å². The molecular formula is C32H37BrF3N3O2. The normalized spacial score (nSPS) is 15.0. The molecule has 2 amide bonds. The average Bonchev–Trinajstić information content (AvgIpc) is 3.41. The maximum Gasteiger partial charge on any atom is 0.416 e. The van der Waals surface area contributed by atoms with Crippen molar-refractivity contribution in [3.8, 4) is 0 Å². The highest BCUT2D eigenvalue weighted by atomic mass is 79.9. The summed E-state index contributed by atoms with van der Waals surface area (Å²) in [7, 11) is 0. The van der Waals surface area contributed by atoms with E-state index in [-0.39, 0.29) is 30.1 Å². The number of benzene rings is 2. The summed E-state index contributed by atoms with van der Waals surface area (Å²) in [5.74, 6) is -0.586. The fourth-order valence-electron chi connectivity index (χ4n) is 5.37. The number of hydrogen-bond acceptors (Lipinski definition) is 2. The molecule has 9 heteroatoms. The quantitative estimate of drug-likeness (QED) is 0.228. The summed E-state index contributed by atoms with van der Waals surface area (Å²) in [5.41, 5.74) is 1.48. The van der Waals surface area contributed by atoms with Crippen LogP contribution in [0.4, 0.5) is 13.2 Å². The minimum atomic E-state index is -4.48. The van der Waals surface area contributed by atoms with Gasteiger partial charge in [-0.2, -0.15) is 13.2 Å². The molecule has 1 aliphatic carbocycles. The molecule has 0 unspecified atom stereocenters. The molecule has 1 heterocycles. The maximum atomic E-state index is 14.0. The summed E-state index contributed by atoms with van der Waals surface area (Å²) in [6.45, 7) is 4.77. The highest BCUT2D eigenvalue weighted by Crippen LogP contribution is 2.30. The Morgan fingerprint density at radius 3 is 2.27 bits per heavy atom. The van der Waals surface area contributed by atoms with Crippen molar-refractivity contribution >= 4 is 27.7 Å². The van der Waals surface area contributed by atoms with Crippen LogP contribution < -0.4 is 0 Å². The summed E-state index contributed by atoms with van der Waals surface area (Å²) in [6.07, 6.45) is 3.21. The van der Waals surface area contributed by atoms with Crippen molar-refractivity contribution in [3.05, 3.63) is 93.7 Å². The van der Waals surface area contributed by atoms with Crippen LogP contribution in [-0.2, 0) is 24.1 Å². The van der Waals surface area contributed by atoms with Crippen LogP contribution in [-0.4, -0.2) is 44.8 Å². The van der Waals surface area contributed by atoms with Gasteiger partial charge in [-0.05, 0) is 80.3 Å². The Labute approximate surface area is 248 Å². The SMILES string of the molecule is CC[C@@H](C)N(CC(=O)N(Cc1cccn1Cc1ccc(Br)cc1)C1CCCCC1)C(=O)c1ccc(C(F)(F)F)cc1. The lowest BCUT2D eigenvalue weighted by Crippen LogP contribution is -2.49. The van der Waals surface area contributed by atoms with Gasteiger partial charge in [0.15, 0.2) is 0 Å². The lowest BCUT2D eigenvalue weighted by Gasteiger charge is -2.37. The second-order valence-electron chi connectivity index (χ2n) is 10.8. The van der Waals surface area contributed by atoms with Gasteiger partial charge in [-0.1, -0.05) is 54.2 Å². The second-order valence-corrected chi connectivity index (χ2v) is 11.7. The molecule has 0 N–H and O–H groups in total. The number of rotatable bonds is 10. The molecule has 1 atom stereocenters. The Kier molecular flexibility index (Phi) is 10.3. The van der Waals surface area contributed by atoms with Gasteiger partial charge in [0.2, 0.25) is 5.91 Å². The molecule has 4 rings (SSSR count). The number of alkyl halides is 3. The summed E-state index contributed by atoms with van der Waals surface area (Å²) in [4.78, 5) is 30.9. The number of amides is 2. The monoisotopic (exact) mass is 631 g/mol. The van der Waals surface area contributed by atoms with Gasteiger partial charge in [0, 0.05) is 40.6 Å². The molecule has 3 aromatic rings. The molecule has 1 saturated carbocycles. The van der Waals surface area contributed by atoms with Gasteiger partial charge in [-0.15, -0.1) is 0 Å². The molecule has 1 fully saturated rings.